The molecule has 262 valence electrons. The summed E-state index contributed by atoms with van der Waals surface area (Å²) in [6.07, 6.45) is 2.19. The molecule has 12 heteroatoms. The smallest absolute Gasteiger partial charge is 0.340 e. The summed E-state index contributed by atoms with van der Waals surface area (Å²) in [4.78, 5) is 27.0. The van der Waals surface area contributed by atoms with Gasteiger partial charge in [0.05, 0.1) is 31.5 Å². The number of anilines is 1. The van der Waals surface area contributed by atoms with Crippen molar-refractivity contribution in [2.45, 2.75) is 24.1 Å². The SMILES string of the molecule is O=C1c2c(c(OS(=O)(=O)c3ccc(N4CCOCC4)nc3)c3cccnc3c2OC(c2ccccc2)c2ccccc2)CN1Cc1ccc(F)cc1. The van der Waals surface area contributed by atoms with E-state index in [1.807, 2.05) is 65.6 Å². The molecule has 2 aliphatic heterocycles. The van der Waals surface area contributed by atoms with Crippen LogP contribution in [0.3, 0.4) is 0 Å². The normalized spacial score (nSPS) is 14.5. The van der Waals surface area contributed by atoms with Crippen molar-refractivity contribution < 1.29 is 31.3 Å². The first-order valence-electron chi connectivity index (χ1n) is 16.8. The monoisotopic (exact) mass is 716 g/mol. The number of halogens is 1. The summed E-state index contributed by atoms with van der Waals surface area (Å²) >= 11 is 0. The first-order chi connectivity index (χ1) is 25.4. The van der Waals surface area contributed by atoms with Crippen LogP contribution < -0.4 is 13.8 Å². The van der Waals surface area contributed by atoms with Crippen molar-refractivity contribution >= 4 is 32.7 Å². The van der Waals surface area contributed by atoms with Crippen LogP contribution in [0.4, 0.5) is 10.2 Å². The number of aromatic nitrogens is 2. The second-order valence-corrected chi connectivity index (χ2v) is 14.1. The lowest BCUT2D eigenvalue weighted by Crippen LogP contribution is -2.36. The highest BCUT2D eigenvalue weighted by Gasteiger charge is 2.39. The summed E-state index contributed by atoms with van der Waals surface area (Å²) in [7, 11) is -4.44. The number of hydrogen-bond donors (Lipinski definition) is 0. The Morgan fingerprint density at radius 1 is 0.808 bits per heavy atom. The third kappa shape index (κ3) is 6.54. The number of nitrogens with zero attached hydrogens (tertiary/aromatic N) is 4. The van der Waals surface area contributed by atoms with E-state index in [2.05, 4.69) is 9.97 Å². The Morgan fingerprint density at radius 2 is 1.50 bits per heavy atom. The number of carbonyl (C=O) groups excluding carboxylic acids is 1. The lowest BCUT2D eigenvalue weighted by Gasteiger charge is -2.27. The van der Waals surface area contributed by atoms with E-state index in [-0.39, 0.29) is 40.6 Å². The lowest BCUT2D eigenvalue weighted by molar-refractivity contribution is 0.0762. The molecule has 0 bridgehead atoms. The Balaban J connectivity index is 1.25. The van der Waals surface area contributed by atoms with Gasteiger partial charge in [-0.25, -0.2) is 9.37 Å². The zero-order chi connectivity index (χ0) is 35.7. The molecule has 52 heavy (non-hydrogen) atoms. The third-order valence-corrected chi connectivity index (χ3v) is 10.4. The highest BCUT2D eigenvalue weighted by molar-refractivity contribution is 7.87. The molecule has 1 amide bonds. The number of benzene rings is 4. The Labute approximate surface area is 300 Å². The second-order valence-electron chi connectivity index (χ2n) is 12.5. The van der Waals surface area contributed by atoms with Gasteiger partial charge in [-0.15, -0.1) is 0 Å². The van der Waals surface area contributed by atoms with Gasteiger partial charge >= 0.3 is 10.1 Å². The van der Waals surface area contributed by atoms with Crippen LogP contribution in [0.2, 0.25) is 0 Å². The number of amides is 1. The van der Waals surface area contributed by atoms with E-state index in [4.69, 9.17) is 13.7 Å². The van der Waals surface area contributed by atoms with Crippen LogP contribution in [0.1, 0.15) is 38.7 Å². The van der Waals surface area contributed by atoms with Crippen LogP contribution in [-0.2, 0) is 27.9 Å². The van der Waals surface area contributed by atoms with Gasteiger partial charge in [-0.3, -0.25) is 9.78 Å². The molecule has 2 aliphatic rings. The Hall–Kier alpha value is -5.85. The van der Waals surface area contributed by atoms with E-state index in [0.29, 0.717) is 48.6 Å². The van der Waals surface area contributed by atoms with Gasteiger partial charge in [-0.1, -0.05) is 72.8 Å². The zero-order valence-electron chi connectivity index (χ0n) is 27.9. The number of ether oxygens (including phenoxy) is 2. The average molecular weight is 717 g/mol. The van der Waals surface area contributed by atoms with E-state index in [1.54, 1.807) is 41.4 Å². The minimum absolute atomic E-state index is 0.00709. The van der Waals surface area contributed by atoms with Crippen LogP contribution in [0.5, 0.6) is 11.5 Å². The fraction of sp³-hybridized carbons (Fsp3) is 0.175. The first-order valence-corrected chi connectivity index (χ1v) is 18.2. The molecule has 6 aromatic rings. The molecule has 4 heterocycles. The minimum atomic E-state index is -4.44. The Bertz CT molecular complexity index is 2300. The van der Waals surface area contributed by atoms with Crippen LogP contribution >= 0.6 is 0 Å². The summed E-state index contributed by atoms with van der Waals surface area (Å²) in [5.74, 6) is 0.0205. The van der Waals surface area contributed by atoms with Gasteiger partial charge in [-0.2, -0.15) is 8.42 Å². The van der Waals surface area contributed by atoms with Crippen molar-refractivity contribution in [1.82, 2.24) is 14.9 Å². The van der Waals surface area contributed by atoms with Gasteiger partial charge in [0, 0.05) is 36.8 Å². The van der Waals surface area contributed by atoms with Crippen molar-refractivity contribution in [1.29, 1.82) is 0 Å². The van der Waals surface area contributed by atoms with Crippen LogP contribution in [-0.4, -0.2) is 55.5 Å². The summed E-state index contributed by atoms with van der Waals surface area (Å²) < 4.78 is 60.0. The molecule has 1 saturated heterocycles. The summed E-state index contributed by atoms with van der Waals surface area (Å²) in [6, 6.07) is 31.6. The second kappa shape index (κ2) is 14.0. The van der Waals surface area contributed by atoms with E-state index < -0.39 is 27.9 Å². The molecule has 0 spiro atoms. The molecule has 0 aliphatic carbocycles. The summed E-state index contributed by atoms with van der Waals surface area (Å²) in [5, 5.41) is 0.356. The molecular formula is C40H33FN4O6S. The van der Waals surface area contributed by atoms with Crippen LogP contribution in [0, 0.1) is 5.82 Å². The molecule has 0 saturated carbocycles. The van der Waals surface area contributed by atoms with Crippen molar-refractivity contribution in [2.24, 2.45) is 0 Å². The molecular weight excluding hydrogens is 684 g/mol. The molecule has 1 fully saturated rings. The molecule has 0 N–H and O–H groups in total. The summed E-state index contributed by atoms with van der Waals surface area (Å²) in [6.45, 7) is 2.56. The standard InChI is InChI=1S/C40H33FN4O6S/c41-30-15-13-27(14-16-30)25-45-26-33-35(40(45)46)39(50-37(28-8-3-1-4-9-28)29-10-5-2-6-11-29)36-32(12-7-19-42-36)38(33)51-52(47,48)31-17-18-34(43-24-31)44-20-22-49-23-21-44/h1-19,24,37H,20-23,25-26H2. The fourth-order valence-corrected chi connectivity index (χ4v) is 7.53. The number of rotatable bonds is 10. The van der Waals surface area contributed by atoms with Gasteiger partial charge in [0.25, 0.3) is 5.91 Å². The third-order valence-electron chi connectivity index (χ3n) is 9.18. The molecule has 0 radical (unpaired) electrons. The van der Waals surface area contributed by atoms with Crippen molar-refractivity contribution in [2.75, 3.05) is 31.2 Å². The topological polar surface area (TPSA) is 111 Å². The van der Waals surface area contributed by atoms with Gasteiger partial charge in [0.15, 0.2) is 11.5 Å². The molecule has 2 aromatic heterocycles. The molecule has 4 aromatic carbocycles. The van der Waals surface area contributed by atoms with Gasteiger partial charge in [0.2, 0.25) is 0 Å². The highest BCUT2D eigenvalue weighted by atomic mass is 32.2. The predicted molar refractivity (Wildman–Crippen MR) is 192 cm³/mol. The number of hydrogen-bond acceptors (Lipinski definition) is 9. The maximum atomic E-state index is 14.5. The summed E-state index contributed by atoms with van der Waals surface area (Å²) in [5.41, 5.74) is 3.13. The average Bonchev–Trinajstić information content (AvgIpc) is 3.51. The number of carbonyl (C=O) groups is 1. The maximum absolute atomic E-state index is 14.5. The lowest BCUT2D eigenvalue weighted by atomic mass is 9.99. The van der Waals surface area contributed by atoms with E-state index in [0.717, 1.165) is 11.1 Å². The van der Waals surface area contributed by atoms with E-state index >= 15 is 0 Å². The predicted octanol–water partition coefficient (Wildman–Crippen LogP) is 6.70. The first kappa shape index (κ1) is 33.3. The van der Waals surface area contributed by atoms with Gasteiger partial charge in [-0.05, 0) is 53.1 Å². The maximum Gasteiger partial charge on any atom is 0.340 e. The largest absolute Gasteiger partial charge is 0.478 e. The number of morpholine rings is 1. The minimum Gasteiger partial charge on any atom is -0.478 e. The van der Waals surface area contributed by atoms with E-state index in [9.17, 15) is 17.6 Å². The van der Waals surface area contributed by atoms with Gasteiger partial charge in [0.1, 0.15) is 28.2 Å². The highest BCUT2D eigenvalue weighted by Crippen LogP contribution is 2.47. The number of pyridine rings is 2. The zero-order valence-corrected chi connectivity index (χ0v) is 28.7. The Morgan fingerprint density at radius 3 is 2.15 bits per heavy atom. The van der Waals surface area contributed by atoms with Crippen molar-refractivity contribution in [3.63, 3.8) is 0 Å². The fourth-order valence-electron chi connectivity index (χ4n) is 6.61. The number of fused-ring (bicyclic) bond motifs is 2. The van der Waals surface area contributed by atoms with Crippen molar-refractivity contribution in [3.05, 3.63) is 155 Å². The van der Waals surface area contributed by atoms with E-state index in [1.165, 1.54) is 24.4 Å². The van der Waals surface area contributed by atoms with Crippen LogP contribution in [0.25, 0.3) is 10.9 Å². The quantitative estimate of drug-likeness (QED) is 0.143. The Kier molecular flexibility index (Phi) is 9.00. The molecule has 0 atom stereocenters. The molecule has 8 rings (SSSR count). The molecule has 10 nitrogen and oxygen atoms in total. The molecule has 0 unspecified atom stereocenters. The van der Waals surface area contributed by atoms with Crippen LogP contribution in [0.15, 0.2) is 126 Å². The van der Waals surface area contributed by atoms with Gasteiger partial charge < -0.3 is 23.5 Å². The van der Waals surface area contributed by atoms with Crippen molar-refractivity contribution in [3.8, 4) is 11.5 Å².